The molecule has 3 aromatic carbocycles. The van der Waals surface area contributed by atoms with Gasteiger partial charge in [0.1, 0.15) is 0 Å². The van der Waals surface area contributed by atoms with Crippen molar-refractivity contribution in [2.75, 3.05) is 0 Å². The molecule has 0 bridgehead atoms. The van der Waals surface area contributed by atoms with Gasteiger partial charge < -0.3 is 8.85 Å². The van der Waals surface area contributed by atoms with Gasteiger partial charge in [-0.2, -0.15) is 0 Å². The number of hydrogen-bond acceptors (Lipinski definition) is 4. The van der Waals surface area contributed by atoms with E-state index < -0.39 is 28.8 Å². The summed E-state index contributed by atoms with van der Waals surface area (Å²) in [6, 6.07) is 28.8. The fourth-order valence-corrected chi connectivity index (χ4v) is 7.42. The Morgan fingerprint density at radius 1 is 0.581 bits per heavy atom. The Bertz CT molecular complexity index is 957. The Kier molecular flexibility index (Phi) is 6.93. The van der Waals surface area contributed by atoms with E-state index in [1.165, 1.54) is 0 Å². The van der Waals surface area contributed by atoms with E-state index in [1.54, 1.807) is 0 Å². The van der Waals surface area contributed by atoms with Crippen molar-refractivity contribution in [3.05, 3.63) is 91.0 Å². The van der Waals surface area contributed by atoms with Crippen LogP contribution in [-0.2, 0) is 8.85 Å². The van der Waals surface area contributed by atoms with Crippen LogP contribution in [0.5, 0.6) is 0 Å². The number of amides is 2. The summed E-state index contributed by atoms with van der Waals surface area (Å²) in [6.45, 7) is 5.53. The van der Waals surface area contributed by atoms with Crippen LogP contribution in [0, 0.1) is 0 Å². The van der Waals surface area contributed by atoms with E-state index in [9.17, 15) is 9.59 Å². The zero-order valence-corrected chi connectivity index (χ0v) is 19.7. The molecule has 0 aliphatic carbocycles. The highest BCUT2D eigenvalue weighted by Crippen LogP contribution is 2.12. The molecule has 158 valence electrons. The third kappa shape index (κ3) is 5.62. The van der Waals surface area contributed by atoms with Crippen molar-refractivity contribution < 1.29 is 18.4 Å². The Balaban J connectivity index is 2.06. The molecule has 0 N–H and O–H groups in total. The summed E-state index contributed by atoms with van der Waals surface area (Å²) in [7, 11) is -5.40. The van der Waals surface area contributed by atoms with Crippen molar-refractivity contribution in [2.45, 2.75) is 19.6 Å². The summed E-state index contributed by atoms with van der Waals surface area (Å²) < 4.78 is 11.3. The molecule has 0 spiro atoms. The number of benzene rings is 3. The third-order valence-electron chi connectivity index (χ3n) is 4.39. The Hall–Kier alpha value is -3.37. The second kappa shape index (κ2) is 9.63. The summed E-state index contributed by atoms with van der Waals surface area (Å²) in [4.78, 5) is 24.7. The van der Waals surface area contributed by atoms with E-state index in [1.807, 2.05) is 111 Å². The topological polar surface area (TPSA) is 77.3 Å². The van der Waals surface area contributed by atoms with Gasteiger partial charge in [0, 0.05) is 0 Å². The molecule has 0 fully saturated rings. The van der Waals surface area contributed by atoms with E-state index in [0.717, 1.165) is 15.6 Å². The van der Waals surface area contributed by atoms with Crippen molar-refractivity contribution in [1.29, 1.82) is 0 Å². The molecule has 0 radical (unpaired) electrons. The van der Waals surface area contributed by atoms with Crippen LogP contribution in [0.25, 0.3) is 0 Å². The molecule has 0 saturated carbocycles. The van der Waals surface area contributed by atoms with Gasteiger partial charge in [-0.15, -0.1) is 0 Å². The second-order valence-electron chi connectivity index (χ2n) is 7.83. The minimum atomic E-state index is -3.25. The number of rotatable bonds is 5. The minimum absolute atomic E-state index is 0.876. The molecule has 2 amide bonds. The highest BCUT2D eigenvalue weighted by Gasteiger charge is 2.45. The zero-order valence-electron chi connectivity index (χ0n) is 17.7. The van der Waals surface area contributed by atoms with Crippen molar-refractivity contribution in [3.63, 3.8) is 0 Å². The number of nitrogens with zero attached hydrogens (tertiary/aromatic N) is 2. The van der Waals surface area contributed by atoms with Gasteiger partial charge in [0.05, 0.1) is 0 Å². The molecule has 3 rings (SSSR count). The Morgan fingerprint density at radius 3 is 1.23 bits per heavy atom. The summed E-state index contributed by atoms with van der Waals surface area (Å²) in [6.07, 6.45) is -1.82. The van der Waals surface area contributed by atoms with Gasteiger partial charge in [-0.05, 0) is 35.2 Å². The Morgan fingerprint density at radius 2 is 0.903 bits per heavy atom. The van der Waals surface area contributed by atoms with Gasteiger partial charge in [-0.25, -0.2) is 9.59 Å². The largest absolute Gasteiger partial charge is 0.502 e. The molecule has 0 heterocycles. The predicted octanol–water partition coefficient (Wildman–Crippen LogP) is 4.21. The number of carbonyl (C=O) groups is 2. The van der Waals surface area contributed by atoms with E-state index in [-0.39, 0.29) is 0 Å². The number of hydrogen-bond donors (Lipinski definition) is 0. The maximum absolute atomic E-state index is 12.8. The molecule has 0 unspecified atom stereocenters. The number of azo groups is 1. The average molecular weight is 449 g/mol. The van der Waals surface area contributed by atoms with Gasteiger partial charge in [-0.1, -0.05) is 101 Å². The molecule has 31 heavy (non-hydrogen) atoms. The van der Waals surface area contributed by atoms with Gasteiger partial charge in [0.25, 0.3) is 0 Å². The quantitative estimate of drug-likeness (QED) is 0.333. The normalized spacial score (nSPS) is 11.8. The van der Waals surface area contributed by atoms with Crippen LogP contribution in [0.15, 0.2) is 101 Å². The predicted molar refractivity (Wildman–Crippen MR) is 125 cm³/mol. The zero-order chi connectivity index (χ0) is 22.3. The van der Waals surface area contributed by atoms with Gasteiger partial charge in [-0.3, -0.25) is 0 Å². The summed E-state index contributed by atoms with van der Waals surface area (Å²) in [5.41, 5.74) is 0. The smallest absolute Gasteiger partial charge is 0.439 e. The highest BCUT2D eigenvalue weighted by molar-refractivity contribution is 7.07. The molecule has 0 aromatic heterocycles. The van der Waals surface area contributed by atoms with E-state index in [4.69, 9.17) is 8.85 Å². The number of carbonyl (C=O) groups excluding carboxylic acids is 2. The first kappa shape index (κ1) is 22.3. The lowest BCUT2D eigenvalue weighted by atomic mass is 10.3. The van der Waals surface area contributed by atoms with E-state index in [2.05, 4.69) is 10.2 Å². The summed E-state index contributed by atoms with van der Waals surface area (Å²) in [5, 5.41) is 9.56. The van der Waals surface area contributed by atoms with Crippen LogP contribution in [0.4, 0.5) is 9.59 Å². The monoisotopic (exact) mass is 448 g/mol. The van der Waals surface area contributed by atoms with Crippen LogP contribution < -0.4 is 15.6 Å². The maximum Gasteiger partial charge on any atom is 0.439 e. The minimum Gasteiger partial charge on any atom is -0.502 e. The highest BCUT2D eigenvalue weighted by atomic mass is 28.4. The molecular weight excluding hydrogens is 424 g/mol. The van der Waals surface area contributed by atoms with Crippen LogP contribution in [0.2, 0.25) is 19.6 Å². The average Bonchev–Trinajstić information content (AvgIpc) is 2.77. The lowest BCUT2D eigenvalue weighted by Gasteiger charge is -2.31. The molecule has 0 aliphatic rings. The summed E-state index contributed by atoms with van der Waals surface area (Å²) in [5.74, 6) is 0. The van der Waals surface area contributed by atoms with E-state index in [0.29, 0.717) is 0 Å². The molecule has 0 saturated heterocycles. The van der Waals surface area contributed by atoms with Gasteiger partial charge in [0.15, 0.2) is 0 Å². The van der Waals surface area contributed by atoms with Crippen molar-refractivity contribution >= 4 is 44.4 Å². The lowest BCUT2D eigenvalue weighted by Crippen LogP contribution is -2.69. The van der Waals surface area contributed by atoms with Crippen LogP contribution in [0.3, 0.4) is 0 Å². The first-order valence-corrected chi connectivity index (χ1v) is 15.2. The van der Waals surface area contributed by atoms with Crippen molar-refractivity contribution in [3.8, 4) is 0 Å². The van der Waals surface area contributed by atoms with Crippen molar-refractivity contribution in [1.82, 2.24) is 0 Å². The van der Waals surface area contributed by atoms with Crippen molar-refractivity contribution in [2.24, 2.45) is 10.2 Å². The lowest BCUT2D eigenvalue weighted by molar-refractivity contribution is 0.199. The molecule has 6 nitrogen and oxygen atoms in total. The molecule has 3 aromatic rings. The molecular formula is C23H24N2O4Si2. The molecule has 0 aliphatic heterocycles. The SMILES string of the molecule is C[Si](C)(C)OC(=O)/N=N/C(=O)O[Si](c1ccccc1)(c1ccccc1)c1ccccc1. The van der Waals surface area contributed by atoms with Gasteiger partial charge >= 0.3 is 20.5 Å². The Labute approximate surface area is 183 Å². The first-order valence-electron chi connectivity index (χ1n) is 9.85. The van der Waals surface area contributed by atoms with Gasteiger partial charge in [0.2, 0.25) is 8.32 Å². The second-order valence-corrected chi connectivity index (χ2v) is 15.6. The van der Waals surface area contributed by atoms with Crippen LogP contribution in [0.1, 0.15) is 0 Å². The van der Waals surface area contributed by atoms with Crippen LogP contribution >= 0.6 is 0 Å². The standard InChI is InChI=1S/C23H24N2O4Si2/c1-30(2,3)28-22(26)24-25-23(27)29-31(19-13-7-4-8-14-19,20-15-9-5-10-16-20)21-17-11-6-12-18-21/h4-18H,1-3H3/b25-24+. The molecule has 8 heteroatoms. The maximum atomic E-state index is 12.8. The fraction of sp³-hybridized carbons (Fsp3) is 0.130. The third-order valence-corrected chi connectivity index (χ3v) is 9.10. The fourth-order valence-electron chi connectivity index (χ4n) is 3.21. The molecule has 0 atom stereocenters. The van der Waals surface area contributed by atoms with Crippen LogP contribution in [-0.4, -0.2) is 28.8 Å². The van der Waals surface area contributed by atoms with E-state index >= 15 is 0 Å². The first-order chi connectivity index (χ1) is 14.8. The summed E-state index contributed by atoms with van der Waals surface area (Å²) >= 11 is 0.